The Morgan fingerprint density at radius 3 is 2.77 bits per heavy atom. The number of nitrogens with zero attached hydrogens (tertiary/aromatic N) is 5. The van der Waals surface area contributed by atoms with Crippen molar-refractivity contribution in [2.45, 2.75) is 38.3 Å². The van der Waals surface area contributed by atoms with Crippen LogP contribution in [-0.4, -0.2) is 69.7 Å². The normalized spacial score (nSPS) is 19.1. The van der Waals surface area contributed by atoms with Crippen LogP contribution in [0.15, 0.2) is 18.2 Å². The van der Waals surface area contributed by atoms with E-state index in [1.54, 1.807) is 4.90 Å². The highest BCUT2D eigenvalue weighted by atomic mass is 19.1. The number of carbonyl (C=O) groups is 2. The van der Waals surface area contributed by atoms with Gasteiger partial charge in [-0.2, -0.15) is 0 Å². The SMILES string of the molecule is COCC(=O)N1CCCCC1c1nnc2n1CCN(C(=O)c1cc(F)ccc1F)CC2. The molecule has 8 nitrogen and oxygen atoms in total. The maximum atomic E-state index is 14.1. The van der Waals surface area contributed by atoms with Gasteiger partial charge in [-0.1, -0.05) is 0 Å². The quantitative estimate of drug-likeness (QED) is 0.737. The van der Waals surface area contributed by atoms with E-state index in [1.807, 2.05) is 4.57 Å². The topological polar surface area (TPSA) is 80.6 Å². The maximum Gasteiger partial charge on any atom is 0.257 e. The van der Waals surface area contributed by atoms with Crippen molar-refractivity contribution in [1.29, 1.82) is 0 Å². The number of fused-ring (bicyclic) bond motifs is 1. The van der Waals surface area contributed by atoms with E-state index in [1.165, 1.54) is 12.0 Å². The van der Waals surface area contributed by atoms with Gasteiger partial charge in [0.05, 0.1) is 11.6 Å². The zero-order chi connectivity index (χ0) is 22.0. The minimum absolute atomic E-state index is 0.0129. The molecule has 3 heterocycles. The van der Waals surface area contributed by atoms with E-state index < -0.39 is 17.5 Å². The minimum Gasteiger partial charge on any atom is -0.375 e. The fourth-order valence-electron chi connectivity index (χ4n) is 4.33. The van der Waals surface area contributed by atoms with E-state index >= 15 is 0 Å². The van der Waals surface area contributed by atoms with Crippen LogP contribution in [0.4, 0.5) is 8.78 Å². The zero-order valence-corrected chi connectivity index (χ0v) is 17.4. The molecule has 0 radical (unpaired) electrons. The first-order chi connectivity index (χ1) is 15.0. The van der Waals surface area contributed by atoms with Gasteiger partial charge in [0, 0.05) is 39.7 Å². The molecule has 0 N–H and O–H groups in total. The van der Waals surface area contributed by atoms with Crippen molar-refractivity contribution in [3.05, 3.63) is 47.0 Å². The van der Waals surface area contributed by atoms with Crippen molar-refractivity contribution < 1.29 is 23.1 Å². The first-order valence-corrected chi connectivity index (χ1v) is 10.4. The van der Waals surface area contributed by atoms with E-state index in [9.17, 15) is 18.4 Å². The van der Waals surface area contributed by atoms with Gasteiger partial charge in [-0.15, -0.1) is 10.2 Å². The van der Waals surface area contributed by atoms with Gasteiger partial charge < -0.3 is 19.1 Å². The molecule has 10 heteroatoms. The second kappa shape index (κ2) is 9.09. The number of hydrogen-bond acceptors (Lipinski definition) is 5. The molecule has 31 heavy (non-hydrogen) atoms. The van der Waals surface area contributed by atoms with E-state index in [-0.39, 0.29) is 24.1 Å². The molecule has 1 atom stereocenters. The summed E-state index contributed by atoms with van der Waals surface area (Å²) in [7, 11) is 1.49. The number of rotatable bonds is 4. The molecule has 1 unspecified atom stereocenters. The van der Waals surface area contributed by atoms with Crippen LogP contribution in [0.25, 0.3) is 0 Å². The largest absolute Gasteiger partial charge is 0.375 e. The van der Waals surface area contributed by atoms with E-state index in [0.29, 0.717) is 38.4 Å². The highest BCUT2D eigenvalue weighted by Crippen LogP contribution is 2.31. The molecule has 2 aromatic rings. The predicted octanol–water partition coefficient (Wildman–Crippen LogP) is 1.95. The highest BCUT2D eigenvalue weighted by molar-refractivity contribution is 5.94. The predicted molar refractivity (Wildman–Crippen MR) is 106 cm³/mol. The molecule has 2 aliphatic rings. The lowest BCUT2D eigenvalue weighted by molar-refractivity contribution is -0.139. The monoisotopic (exact) mass is 433 g/mol. The molecule has 2 amide bonds. The summed E-state index contributed by atoms with van der Waals surface area (Å²) in [5.74, 6) is -0.620. The van der Waals surface area contributed by atoms with Crippen molar-refractivity contribution in [2.24, 2.45) is 0 Å². The number of hydrogen-bond donors (Lipinski definition) is 0. The van der Waals surface area contributed by atoms with Crippen LogP contribution >= 0.6 is 0 Å². The van der Waals surface area contributed by atoms with Crippen molar-refractivity contribution in [2.75, 3.05) is 33.4 Å². The van der Waals surface area contributed by atoms with Gasteiger partial charge in [0.2, 0.25) is 5.91 Å². The fraction of sp³-hybridized carbons (Fsp3) is 0.524. The number of carbonyl (C=O) groups excluding carboxylic acids is 2. The smallest absolute Gasteiger partial charge is 0.257 e. The number of benzene rings is 1. The highest BCUT2D eigenvalue weighted by Gasteiger charge is 2.33. The van der Waals surface area contributed by atoms with Gasteiger partial charge in [-0.3, -0.25) is 9.59 Å². The maximum absolute atomic E-state index is 14.1. The van der Waals surface area contributed by atoms with Crippen LogP contribution < -0.4 is 0 Å². The summed E-state index contributed by atoms with van der Waals surface area (Å²) in [6.07, 6.45) is 3.13. The average Bonchev–Trinajstić information content (AvgIpc) is 3.06. The second-order valence-corrected chi connectivity index (χ2v) is 7.82. The molecular formula is C21H25F2N5O3. The number of ether oxygens (including phenoxy) is 1. The van der Waals surface area contributed by atoms with Crippen LogP contribution in [-0.2, 0) is 22.5 Å². The van der Waals surface area contributed by atoms with Gasteiger partial charge in [-0.25, -0.2) is 8.78 Å². The van der Waals surface area contributed by atoms with Gasteiger partial charge in [0.25, 0.3) is 5.91 Å². The van der Waals surface area contributed by atoms with Crippen molar-refractivity contribution in [3.8, 4) is 0 Å². The van der Waals surface area contributed by atoms with E-state index in [4.69, 9.17) is 4.74 Å². The summed E-state index contributed by atoms with van der Waals surface area (Å²) in [5, 5.41) is 8.68. The Morgan fingerprint density at radius 2 is 1.97 bits per heavy atom. The molecular weight excluding hydrogens is 408 g/mol. The molecule has 1 aromatic heterocycles. The molecule has 4 rings (SSSR count). The Morgan fingerprint density at radius 1 is 1.13 bits per heavy atom. The molecule has 166 valence electrons. The summed E-state index contributed by atoms with van der Waals surface area (Å²) in [6.45, 7) is 1.70. The summed E-state index contributed by atoms with van der Waals surface area (Å²) >= 11 is 0. The minimum atomic E-state index is -0.745. The Labute approximate surface area is 178 Å². The van der Waals surface area contributed by atoms with Gasteiger partial charge >= 0.3 is 0 Å². The molecule has 0 saturated carbocycles. The summed E-state index contributed by atoms with van der Waals surface area (Å²) in [4.78, 5) is 28.6. The van der Waals surface area contributed by atoms with Crippen LogP contribution in [0.3, 0.4) is 0 Å². The van der Waals surface area contributed by atoms with Gasteiger partial charge in [0.1, 0.15) is 24.1 Å². The molecule has 0 aliphatic carbocycles. The summed E-state index contributed by atoms with van der Waals surface area (Å²) in [5.41, 5.74) is -0.276. The average molecular weight is 433 g/mol. The second-order valence-electron chi connectivity index (χ2n) is 7.82. The van der Waals surface area contributed by atoms with Gasteiger partial charge in [0.15, 0.2) is 5.82 Å². The Bertz CT molecular complexity index is 980. The molecule has 1 fully saturated rings. The number of amides is 2. The number of aromatic nitrogens is 3. The first-order valence-electron chi connectivity index (χ1n) is 10.4. The Kier molecular flexibility index (Phi) is 6.26. The van der Waals surface area contributed by atoms with Crippen molar-refractivity contribution >= 4 is 11.8 Å². The molecule has 0 spiro atoms. The van der Waals surface area contributed by atoms with Crippen molar-refractivity contribution in [1.82, 2.24) is 24.6 Å². The number of halogens is 2. The molecule has 1 aromatic carbocycles. The summed E-state index contributed by atoms with van der Waals surface area (Å²) < 4.78 is 34.6. The fourth-order valence-corrected chi connectivity index (χ4v) is 4.33. The summed E-state index contributed by atoms with van der Waals surface area (Å²) in [6, 6.07) is 2.68. The number of likely N-dealkylation sites (tertiary alicyclic amines) is 1. The lowest BCUT2D eigenvalue weighted by Crippen LogP contribution is -2.41. The van der Waals surface area contributed by atoms with Crippen LogP contribution in [0, 0.1) is 11.6 Å². The molecule has 0 bridgehead atoms. The first kappa shape index (κ1) is 21.4. The zero-order valence-electron chi connectivity index (χ0n) is 17.4. The standard InChI is InChI=1S/C21H25F2N5O3/c1-31-13-19(29)27-8-3-2-4-17(27)20-25-24-18-7-9-26(10-11-28(18)20)21(30)15-12-14(22)5-6-16(15)23/h5-6,12,17H,2-4,7-11,13H2,1H3. The molecule has 2 aliphatic heterocycles. The van der Waals surface area contributed by atoms with E-state index in [2.05, 4.69) is 10.2 Å². The number of piperidine rings is 1. The Balaban J connectivity index is 1.54. The van der Waals surface area contributed by atoms with Crippen LogP contribution in [0.2, 0.25) is 0 Å². The van der Waals surface area contributed by atoms with Gasteiger partial charge in [-0.05, 0) is 37.5 Å². The lowest BCUT2D eigenvalue weighted by Gasteiger charge is -2.35. The van der Waals surface area contributed by atoms with E-state index in [0.717, 1.165) is 43.3 Å². The lowest BCUT2D eigenvalue weighted by atomic mass is 10.0. The number of methoxy groups -OCH3 is 1. The third-order valence-electron chi connectivity index (χ3n) is 5.89. The molecule has 1 saturated heterocycles. The third kappa shape index (κ3) is 4.30. The Hall–Kier alpha value is -2.88. The van der Waals surface area contributed by atoms with Crippen molar-refractivity contribution in [3.63, 3.8) is 0 Å². The van der Waals surface area contributed by atoms with Crippen LogP contribution in [0.1, 0.15) is 47.3 Å². The third-order valence-corrected chi connectivity index (χ3v) is 5.89. The van der Waals surface area contributed by atoms with Crippen LogP contribution in [0.5, 0.6) is 0 Å².